The third-order valence-corrected chi connectivity index (χ3v) is 6.20. The van der Waals surface area contributed by atoms with Crippen molar-refractivity contribution in [3.8, 4) is 0 Å². The summed E-state index contributed by atoms with van der Waals surface area (Å²) in [5.74, 6) is 1.93. The van der Waals surface area contributed by atoms with E-state index in [0.717, 1.165) is 11.6 Å². The van der Waals surface area contributed by atoms with Crippen molar-refractivity contribution < 1.29 is 0 Å². The molecule has 1 aliphatic rings. The second-order valence-corrected chi connectivity index (χ2v) is 9.90. The normalized spacial score (nSPS) is 13.3. The van der Waals surface area contributed by atoms with Crippen molar-refractivity contribution in [2.75, 3.05) is 4.90 Å². The summed E-state index contributed by atoms with van der Waals surface area (Å²) in [5, 5.41) is 0. The molecular formula is C24H27N3S. The molecule has 1 aromatic carbocycles. The summed E-state index contributed by atoms with van der Waals surface area (Å²) in [6.07, 6.45) is 3.89. The van der Waals surface area contributed by atoms with Crippen LogP contribution >= 0.6 is 11.8 Å². The van der Waals surface area contributed by atoms with Gasteiger partial charge in [-0.1, -0.05) is 44.7 Å². The molecule has 1 aliphatic heterocycles. The minimum absolute atomic E-state index is 0.117. The highest BCUT2D eigenvalue weighted by molar-refractivity contribution is 7.99. The fraction of sp³-hybridized carbons (Fsp3) is 0.333. The van der Waals surface area contributed by atoms with E-state index in [4.69, 9.17) is 9.97 Å². The van der Waals surface area contributed by atoms with E-state index in [-0.39, 0.29) is 5.41 Å². The van der Waals surface area contributed by atoms with Gasteiger partial charge in [-0.15, -0.1) is 0 Å². The summed E-state index contributed by atoms with van der Waals surface area (Å²) in [6.45, 7) is 15.4. The minimum atomic E-state index is 0.117. The molecule has 0 aliphatic carbocycles. The predicted octanol–water partition coefficient (Wildman–Crippen LogP) is 6.94. The molecule has 0 bridgehead atoms. The first-order valence-electron chi connectivity index (χ1n) is 9.68. The lowest BCUT2D eigenvalue weighted by Crippen LogP contribution is -2.21. The molecule has 3 nitrogen and oxygen atoms in total. The van der Waals surface area contributed by atoms with Crippen LogP contribution in [0.15, 0.2) is 46.5 Å². The first kappa shape index (κ1) is 19.0. The number of aryl methyl sites for hydroxylation is 4. The summed E-state index contributed by atoms with van der Waals surface area (Å²) >= 11 is 1.76. The van der Waals surface area contributed by atoms with Crippen LogP contribution in [-0.2, 0) is 5.41 Å². The molecule has 0 saturated heterocycles. The molecule has 4 rings (SSSR count). The van der Waals surface area contributed by atoms with Crippen LogP contribution in [0.25, 0.3) is 0 Å². The van der Waals surface area contributed by atoms with Crippen LogP contribution in [0, 0.1) is 27.7 Å². The van der Waals surface area contributed by atoms with Crippen molar-refractivity contribution in [1.82, 2.24) is 9.97 Å². The van der Waals surface area contributed by atoms with Crippen molar-refractivity contribution in [3.05, 3.63) is 64.5 Å². The molecule has 0 amide bonds. The molecule has 0 radical (unpaired) electrons. The van der Waals surface area contributed by atoms with Crippen LogP contribution in [0.4, 0.5) is 17.3 Å². The van der Waals surface area contributed by atoms with Gasteiger partial charge in [0, 0.05) is 12.4 Å². The van der Waals surface area contributed by atoms with E-state index in [1.807, 2.05) is 12.4 Å². The van der Waals surface area contributed by atoms with Crippen molar-refractivity contribution in [2.24, 2.45) is 0 Å². The number of benzene rings is 1. The van der Waals surface area contributed by atoms with Gasteiger partial charge in [0.25, 0.3) is 0 Å². The van der Waals surface area contributed by atoms with Gasteiger partial charge in [0.15, 0.2) is 11.6 Å². The molecule has 3 heterocycles. The lowest BCUT2D eigenvalue weighted by Gasteiger charge is -2.33. The van der Waals surface area contributed by atoms with E-state index >= 15 is 0 Å². The van der Waals surface area contributed by atoms with E-state index in [0.29, 0.717) is 0 Å². The molecule has 2 aromatic heterocycles. The molecule has 0 unspecified atom stereocenters. The average Bonchev–Trinajstić information content (AvgIpc) is 2.59. The largest absolute Gasteiger partial charge is 0.277 e. The van der Waals surface area contributed by atoms with E-state index < -0.39 is 0 Å². The molecule has 4 heteroatoms. The Hall–Kier alpha value is -2.33. The maximum atomic E-state index is 4.82. The maximum absolute atomic E-state index is 4.82. The average molecular weight is 390 g/mol. The molecule has 0 spiro atoms. The van der Waals surface area contributed by atoms with Gasteiger partial charge in [0.05, 0.1) is 15.5 Å². The monoisotopic (exact) mass is 389 g/mol. The number of nitrogens with zero attached hydrogens (tertiary/aromatic N) is 3. The van der Waals surface area contributed by atoms with Gasteiger partial charge in [0.2, 0.25) is 0 Å². The second-order valence-electron chi connectivity index (χ2n) is 8.81. The van der Waals surface area contributed by atoms with Gasteiger partial charge in [-0.2, -0.15) is 0 Å². The number of rotatable bonds is 1. The third kappa shape index (κ3) is 3.20. The lowest BCUT2D eigenvalue weighted by molar-refractivity contribution is 0.589. The summed E-state index contributed by atoms with van der Waals surface area (Å²) in [4.78, 5) is 14.2. The van der Waals surface area contributed by atoms with E-state index in [1.54, 1.807) is 11.8 Å². The number of pyridine rings is 2. The van der Waals surface area contributed by atoms with Gasteiger partial charge < -0.3 is 0 Å². The highest BCUT2D eigenvalue weighted by atomic mass is 32.2. The van der Waals surface area contributed by atoms with Crippen LogP contribution in [0.2, 0.25) is 0 Å². The summed E-state index contributed by atoms with van der Waals surface area (Å²) in [7, 11) is 0. The second kappa shape index (κ2) is 6.63. The van der Waals surface area contributed by atoms with Gasteiger partial charge in [-0.25, -0.2) is 9.97 Å². The van der Waals surface area contributed by atoms with E-state index in [1.165, 1.54) is 43.3 Å². The standard InChI is InChI=1S/C24H27N3S/c1-14-8-19-22(25-12-14)27(23-20(28-19)9-15(2)13-26-23)21-16(3)10-18(11-17(21)4)24(5,6)7/h8-13H,1-7H3. The first-order chi connectivity index (χ1) is 13.1. The minimum Gasteiger partial charge on any atom is -0.277 e. The summed E-state index contributed by atoms with van der Waals surface area (Å²) < 4.78 is 0. The van der Waals surface area contributed by atoms with Crippen LogP contribution < -0.4 is 4.90 Å². The topological polar surface area (TPSA) is 29.0 Å². The lowest BCUT2D eigenvalue weighted by atomic mass is 9.84. The first-order valence-corrected chi connectivity index (χ1v) is 10.5. The van der Waals surface area contributed by atoms with Crippen molar-refractivity contribution in [1.29, 1.82) is 0 Å². The number of aromatic nitrogens is 2. The molecule has 0 N–H and O–H groups in total. The smallest absolute Gasteiger partial charge is 0.152 e. The van der Waals surface area contributed by atoms with Crippen LogP contribution in [0.1, 0.15) is 48.6 Å². The Kier molecular flexibility index (Phi) is 4.50. The maximum Gasteiger partial charge on any atom is 0.152 e. The van der Waals surface area contributed by atoms with Crippen LogP contribution in [-0.4, -0.2) is 9.97 Å². The highest BCUT2D eigenvalue weighted by Crippen LogP contribution is 2.51. The van der Waals surface area contributed by atoms with Gasteiger partial charge in [-0.3, -0.25) is 4.90 Å². The Bertz CT molecular complexity index is 1010. The molecule has 144 valence electrons. The Morgan fingerprint density at radius 2 is 1.21 bits per heavy atom. The Balaban J connectivity index is 1.98. The zero-order valence-electron chi connectivity index (χ0n) is 17.7. The molecule has 0 saturated carbocycles. The molecule has 28 heavy (non-hydrogen) atoms. The van der Waals surface area contributed by atoms with Crippen LogP contribution in [0.5, 0.6) is 0 Å². The molecule has 3 aromatic rings. The number of hydrogen-bond acceptors (Lipinski definition) is 4. The van der Waals surface area contributed by atoms with Gasteiger partial charge >= 0.3 is 0 Å². The fourth-order valence-electron chi connectivity index (χ4n) is 3.73. The SMILES string of the molecule is Cc1cnc2c(c1)Sc1cc(C)cnc1N2c1c(C)cc(C(C)(C)C)cc1C. The van der Waals surface area contributed by atoms with Crippen molar-refractivity contribution >= 4 is 29.1 Å². The van der Waals surface area contributed by atoms with Gasteiger partial charge in [0.1, 0.15) is 0 Å². The van der Waals surface area contributed by atoms with Gasteiger partial charge in [-0.05, 0) is 73.1 Å². The Morgan fingerprint density at radius 3 is 1.64 bits per heavy atom. The zero-order valence-corrected chi connectivity index (χ0v) is 18.5. The van der Waals surface area contributed by atoms with Crippen molar-refractivity contribution in [2.45, 2.75) is 63.7 Å². The molecule has 0 atom stereocenters. The summed E-state index contributed by atoms with van der Waals surface area (Å²) in [6, 6.07) is 9.07. The molecular weight excluding hydrogens is 362 g/mol. The quantitative estimate of drug-likeness (QED) is 0.352. The van der Waals surface area contributed by atoms with Crippen LogP contribution in [0.3, 0.4) is 0 Å². The Labute approximate surface area is 172 Å². The fourth-order valence-corrected chi connectivity index (χ4v) is 4.93. The third-order valence-electron chi connectivity index (χ3n) is 5.16. The predicted molar refractivity (Wildman–Crippen MR) is 118 cm³/mol. The zero-order chi connectivity index (χ0) is 20.2. The number of fused-ring (bicyclic) bond motifs is 2. The van der Waals surface area contributed by atoms with E-state index in [2.05, 4.69) is 77.6 Å². The molecule has 0 fully saturated rings. The Morgan fingerprint density at radius 1 is 0.750 bits per heavy atom. The highest BCUT2D eigenvalue weighted by Gasteiger charge is 2.30. The number of anilines is 3. The number of hydrogen-bond donors (Lipinski definition) is 0. The van der Waals surface area contributed by atoms with E-state index in [9.17, 15) is 0 Å². The van der Waals surface area contributed by atoms with Crippen molar-refractivity contribution in [3.63, 3.8) is 0 Å². The summed E-state index contributed by atoms with van der Waals surface area (Å²) in [5.41, 5.74) is 7.50.